The van der Waals surface area contributed by atoms with E-state index in [1.807, 2.05) is 12.1 Å². The summed E-state index contributed by atoms with van der Waals surface area (Å²) in [5.74, 6) is 0.661. The molecular weight excluding hydrogens is 172 g/mol. The predicted molar refractivity (Wildman–Crippen MR) is 47.6 cm³/mol. The number of hydrogen-bond acceptors (Lipinski definition) is 3. The van der Waals surface area contributed by atoms with Gasteiger partial charge in [0.15, 0.2) is 0 Å². The minimum atomic E-state index is 0.103. The third-order valence-electron chi connectivity index (χ3n) is 1.66. The molecule has 0 radical (unpaired) electrons. The first-order chi connectivity index (χ1) is 5.86. The molecule has 1 amide bonds. The van der Waals surface area contributed by atoms with Gasteiger partial charge in [-0.2, -0.15) is 0 Å². The van der Waals surface area contributed by atoms with Crippen LogP contribution in [0.2, 0.25) is 0 Å². The van der Waals surface area contributed by atoms with Gasteiger partial charge in [0.1, 0.15) is 5.37 Å². The van der Waals surface area contributed by atoms with Crippen LogP contribution in [0.1, 0.15) is 10.9 Å². The molecule has 62 valence electrons. The minimum absolute atomic E-state index is 0.103. The molecule has 1 aromatic heterocycles. The van der Waals surface area contributed by atoms with E-state index in [2.05, 4.69) is 10.3 Å². The summed E-state index contributed by atoms with van der Waals surface area (Å²) < 4.78 is 0. The number of thioether (sulfide) groups is 1. The van der Waals surface area contributed by atoms with Gasteiger partial charge in [0.05, 0.1) is 5.75 Å². The average molecular weight is 180 g/mol. The van der Waals surface area contributed by atoms with E-state index >= 15 is 0 Å². The van der Waals surface area contributed by atoms with Crippen molar-refractivity contribution < 1.29 is 4.79 Å². The fraction of sp³-hybridized carbons (Fsp3) is 0.250. The molecule has 1 atom stereocenters. The largest absolute Gasteiger partial charge is 0.339 e. The molecule has 2 heterocycles. The summed E-state index contributed by atoms with van der Waals surface area (Å²) in [6.07, 6.45) is 3.51. The Balaban J connectivity index is 2.16. The van der Waals surface area contributed by atoms with Crippen molar-refractivity contribution in [1.29, 1.82) is 0 Å². The van der Waals surface area contributed by atoms with Gasteiger partial charge < -0.3 is 5.32 Å². The lowest BCUT2D eigenvalue weighted by Gasteiger charge is -2.07. The average Bonchev–Trinajstić information content (AvgIpc) is 2.54. The zero-order valence-corrected chi connectivity index (χ0v) is 7.17. The highest BCUT2D eigenvalue weighted by atomic mass is 32.2. The highest BCUT2D eigenvalue weighted by Gasteiger charge is 2.22. The number of amides is 1. The van der Waals surface area contributed by atoms with Gasteiger partial charge in [-0.3, -0.25) is 9.78 Å². The quantitative estimate of drug-likeness (QED) is 0.699. The zero-order chi connectivity index (χ0) is 8.39. The topological polar surface area (TPSA) is 42.0 Å². The summed E-state index contributed by atoms with van der Waals surface area (Å²) in [4.78, 5) is 14.9. The van der Waals surface area contributed by atoms with E-state index in [9.17, 15) is 4.79 Å². The van der Waals surface area contributed by atoms with Crippen LogP contribution in [0.4, 0.5) is 0 Å². The minimum Gasteiger partial charge on any atom is -0.339 e. The van der Waals surface area contributed by atoms with Crippen LogP contribution in [0.25, 0.3) is 0 Å². The van der Waals surface area contributed by atoms with Gasteiger partial charge in [-0.15, -0.1) is 11.8 Å². The number of rotatable bonds is 1. The van der Waals surface area contributed by atoms with Crippen LogP contribution in [-0.2, 0) is 4.79 Å². The summed E-state index contributed by atoms with van der Waals surface area (Å²) in [6, 6.07) is 3.84. The van der Waals surface area contributed by atoms with E-state index in [0.29, 0.717) is 5.75 Å². The van der Waals surface area contributed by atoms with Crippen molar-refractivity contribution >= 4 is 17.7 Å². The molecule has 0 aliphatic carbocycles. The standard InChI is InChI=1S/C8H8N2OS/c11-7-5-12-8(10-7)6-2-1-3-9-4-6/h1-4,8H,5H2,(H,10,11). The molecule has 1 N–H and O–H groups in total. The Morgan fingerprint density at radius 1 is 1.67 bits per heavy atom. The lowest BCUT2D eigenvalue weighted by atomic mass is 10.3. The van der Waals surface area contributed by atoms with Gasteiger partial charge in [0, 0.05) is 18.0 Å². The number of carbonyl (C=O) groups is 1. The van der Waals surface area contributed by atoms with E-state index in [-0.39, 0.29) is 11.3 Å². The normalized spacial score (nSPS) is 22.3. The zero-order valence-electron chi connectivity index (χ0n) is 6.36. The van der Waals surface area contributed by atoms with Gasteiger partial charge in [-0.1, -0.05) is 6.07 Å². The highest BCUT2D eigenvalue weighted by Crippen LogP contribution is 2.29. The Hall–Kier alpha value is -1.03. The summed E-state index contributed by atoms with van der Waals surface area (Å²) in [7, 11) is 0. The SMILES string of the molecule is O=C1CSC(c2cccnc2)N1. The molecule has 1 aromatic rings. The third-order valence-corrected chi connectivity index (χ3v) is 2.81. The summed E-state index contributed by atoms with van der Waals surface area (Å²) in [5.41, 5.74) is 1.06. The second-order valence-electron chi connectivity index (χ2n) is 2.54. The molecule has 1 aliphatic rings. The molecule has 0 aromatic carbocycles. The number of nitrogens with one attached hydrogen (secondary N) is 1. The smallest absolute Gasteiger partial charge is 0.231 e. The molecule has 3 nitrogen and oxygen atoms in total. The van der Waals surface area contributed by atoms with Crippen LogP contribution in [-0.4, -0.2) is 16.6 Å². The van der Waals surface area contributed by atoms with Gasteiger partial charge in [-0.05, 0) is 6.07 Å². The van der Waals surface area contributed by atoms with Crippen molar-refractivity contribution in [3.63, 3.8) is 0 Å². The summed E-state index contributed by atoms with van der Waals surface area (Å²) in [5, 5.41) is 2.96. The van der Waals surface area contributed by atoms with Crippen LogP contribution < -0.4 is 5.32 Å². The molecule has 2 rings (SSSR count). The van der Waals surface area contributed by atoms with Crippen molar-refractivity contribution in [3.8, 4) is 0 Å². The van der Waals surface area contributed by atoms with Crippen molar-refractivity contribution in [3.05, 3.63) is 30.1 Å². The third kappa shape index (κ3) is 1.43. The van der Waals surface area contributed by atoms with Crippen molar-refractivity contribution in [1.82, 2.24) is 10.3 Å². The maximum Gasteiger partial charge on any atom is 0.231 e. The summed E-state index contributed by atoms with van der Waals surface area (Å²) >= 11 is 1.60. The molecule has 0 saturated carbocycles. The Morgan fingerprint density at radius 2 is 2.58 bits per heavy atom. The van der Waals surface area contributed by atoms with Crippen molar-refractivity contribution in [2.75, 3.05) is 5.75 Å². The van der Waals surface area contributed by atoms with Gasteiger partial charge in [0.2, 0.25) is 5.91 Å². The van der Waals surface area contributed by atoms with Gasteiger partial charge in [-0.25, -0.2) is 0 Å². The number of aromatic nitrogens is 1. The molecule has 1 aliphatic heterocycles. The molecule has 0 bridgehead atoms. The van der Waals surface area contributed by atoms with E-state index in [0.717, 1.165) is 5.56 Å². The van der Waals surface area contributed by atoms with E-state index in [1.165, 1.54) is 0 Å². The molecule has 4 heteroatoms. The van der Waals surface area contributed by atoms with Crippen LogP contribution in [0.3, 0.4) is 0 Å². The lowest BCUT2D eigenvalue weighted by molar-refractivity contribution is -0.118. The predicted octanol–water partition coefficient (Wildman–Crippen LogP) is 0.943. The maximum atomic E-state index is 10.9. The molecular formula is C8H8N2OS. The van der Waals surface area contributed by atoms with Crippen LogP contribution in [0, 0.1) is 0 Å². The monoisotopic (exact) mass is 180 g/mol. The first-order valence-electron chi connectivity index (χ1n) is 3.67. The number of carbonyl (C=O) groups excluding carboxylic acids is 1. The second kappa shape index (κ2) is 3.15. The van der Waals surface area contributed by atoms with E-state index in [1.54, 1.807) is 24.2 Å². The molecule has 1 fully saturated rings. The Labute approximate surface area is 74.6 Å². The maximum absolute atomic E-state index is 10.9. The lowest BCUT2D eigenvalue weighted by Crippen LogP contribution is -2.18. The fourth-order valence-corrected chi connectivity index (χ4v) is 2.05. The van der Waals surface area contributed by atoms with Crippen molar-refractivity contribution in [2.24, 2.45) is 0 Å². The van der Waals surface area contributed by atoms with Gasteiger partial charge >= 0.3 is 0 Å². The first kappa shape index (κ1) is 7.61. The number of nitrogens with zero attached hydrogens (tertiary/aromatic N) is 1. The molecule has 1 unspecified atom stereocenters. The van der Waals surface area contributed by atoms with Gasteiger partial charge in [0.25, 0.3) is 0 Å². The molecule has 12 heavy (non-hydrogen) atoms. The van der Waals surface area contributed by atoms with Crippen LogP contribution in [0.5, 0.6) is 0 Å². The van der Waals surface area contributed by atoms with E-state index < -0.39 is 0 Å². The molecule has 0 spiro atoms. The first-order valence-corrected chi connectivity index (χ1v) is 4.72. The Morgan fingerprint density at radius 3 is 3.17 bits per heavy atom. The second-order valence-corrected chi connectivity index (χ2v) is 3.64. The highest BCUT2D eigenvalue weighted by molar-refractivity contribution is 8.00. The Bertz CT molecular complexity index is 288. The number of pyridine rings is 1. The van der Waals surface area contributed by atoms with Crippen LogP contribution in [0.15, 0.2) is 24.5 Å². The number of hydrogen-bond donors (Lipinski definition) is 1. The Kier molecular flexibility index (Phi) is 1.99. The fourth-order valence-electron chi connectivity index (χ4n) is 1.10. The molecule has 1 saturated heterocycles. The van der Waals surface area contributed by atoms with Crippen molar-refractivity contribution in [2.45, 2.75) is 5.37 Å². The van der Waals surface area contributed by atoms with E-state index in [4.69, 9.17) is 0 Å². The summed E-state index contributed by atoms with van der Waals surface area (Å²) in [6.45, 7) is 0. The van der Waals surface area contributed by atoms with Crippen LogP contribution >= 0.6 is 11.8 Å².